The zero-order chi connectivity index (χ0) is 45.2. The van der Waals surface area contributed by atoms with Gasteiger partial charge in [-0.05, 0) is 104 Å². The summed E-state index contributed by atoms with van der Waals surface area (Å²) in [6, 6.07) is 54.8. The van der Waals surface area contributed by atoms with E-state index in [-0.39, 0.29) is 21.7 Å². The minimum Gasteiger partial charge on any atom is -0.457 e. The molecule has 0 unspecified atom stereocenters. The van der Waals surface area contributed by atoms with E-state index in [0.29, 0.717) is 6.67 Å². The maximum atomic E-state index is 6.85. The molecule has 8 aromatic rings. The van der Waals surface area contributed by atoms with Gasteiger partial charge in [-0.2, -0.15) is 0 Å². The monoisotopic (exact) mass is 842 g/mol. The molecule has 0 radical (unpaired) electrons. The van der Waals surface area contributed by atoms with Gasteiger partial charge in [0, 0.05) is 52.1 Å². The van der Waals surface area contributed by atoms with Crippen LogP contribution in [-0.2, 0) is 21.7 Å². The van der Waals surface area contributed by atoms with E-state index in [1.165, 1.54) is 38.9 Å². The van der Waals surface area contributed by atoms with Crippen LogP contribution in [0.3, 0.4) is 0 Å². The number of ether oxygens (including phenoxy) is 1. The Morgan fingerprint density at radius 2 is 1.08 bits per heavy atom. The lowest BCUT2D eigenvalue weighted by molar-refractivity contribution is 0.483. The van der Waals surface area contributed by atoms with Crippen molar-refractivity contribution in [1.29, 1.82) is 0 Å². The summed E-state index contributed by atoms with van der Waals surface area (Å²) >= 11 is 0. The van der Waals surface area contributed by atoms with E-state index >= 15 is 0 Å². The van der Waals surface area contributed by atoms with E-state index in [2.05, 4.69) is 248 Å². The number of rotatable bonds is 8. The van der Waals surface area contributed by atoms with Crippen LogP contribution in [0.2, 0.25) is 0 Å². The molecular weight excluding hydrogens is 781 g/mol. The van der Waals surface area contributed by atoms with Crippen molar-refractivity contribution in [3.05, 3.63) is 197 Å². The number of hydrogen-bond donors (Lipinski definition) is 0. The zero-order valence-electron chi connectivity index (χ0n) is 39.5. The Bertz CT molecular complexity index is 2990. The molecular formula is C59H62N4O. The molecule has 1 aliphatic heterocycles. The van der Waals surface area contributed by atoms with Crippen molar-refractivity contribution in [3.8, 4) is 17.3 Å². The molecule has 1 aliphatic rings. The summed E-state index contributed by atoms with van der Waals surface area (Å²) in [7, 11) is 0. The Balaban J connectivity index is 1.11. The summed E-state index contributed by atoms with van der Waals surface area (Å²) in [6.45, 7) is 25.9. The molecule has 0 fully saturated rings. The molecule has 0 saturated heterocycles. The van der Waals surface area contributed by atoms with Crippen LogP contribution >= 0.6 is 0 Å². The van der Waals surface area contributed by atoms with Crippen LogP contribution in [0.5, 0.6) is 11.5 Å². The highest BCUT2D eigenvalue weighted by Gasteiger charge is 2.29. The minimum atomic E-state index is -0.221. The first-order valence-electron chi connectivity index (χ1n) is 22.7. The van der Waals surface area contributed by atoms with Gasteiger partial charge in [-0.25, -0.2) is 4.98 Å². The SMILES string of the molecule is CC(C)(C)c1cc(N2C=C(c3ccccc3)N(c3cccc(Oc4ccc5c6ccc(C(C)(C)C)cc6n(-c6cc(C(C)(C)c7ccccc7)ccn6)c5c4)c3)C2)cc(C(C)(C)C)c1. The highest BCUT2D eigenvalue weighted by molar-refractivity contribution is 6.09. The van der Waals surface area contributed by atoms with Crippen LogP contribution in [-0.4, -0.2) is 16.2 Å². The summed E-state index contributed by atoms with van der Waals surface area (Å²) < 4.78 is 9.18. The Morgan fingerprint density at radius 1 is 0.469 bits per heavy atom. The van der Waals surface area contributed by atoms with Crippen molar-refractivity contribution < 1.29 is 4.74 Å². The van der Waals surface area contributed by atoms with Crippen molar-refractivity contribution in [1.82, 2.24) is 9.55 Å². The molecule has 0 aliphatic carbocycles. The summed E-state index contributed by atoms with van der Waals surface area (Å²) in [5, 5.41) is 2.35. The molecule has 0 atom stereocenters. The second kappa shape index (κ2) is 15.9. The molecule has 0 saturated carbocycles. The van der Waals surface area contributed by atoms with Gasteiger partial charge in [-0.15, -0.1) is 0 Å². The molecule has 0 spiro atoms. The van der Waals surface area contributed by atoms with Crippen molar-refractivity contribution in [3.63, 3.8) is 0 Å². The molecule has 64 heavy (non-hydrogen) atoms. The lowest BCUT2D eigenvalue weighted by atomic mass is 9.78. The number of fused-ring (bicyclic) bond motifs is 3. The first-order chi connectivity index (χ1) is 30.3. The number of nitrogens with zero attached hydrogens (tertiary/aromatic N) is 4. The Labute approximate surface area is 380 Å². The normalized spacial score (nSPS) is 13.8. The van der Waals surface area contributed by atoms with Crippen LogP contribution < -0.4 is 14.5 Å². The number of pyridine rings is 1. The quantitative estimate of drug-likeness (QED) is 0.153. The van der Waals surface area contributed by atoms with Gasteiger partial charge in [0.2, 0.25) is 0 Å². The summed E-state index contributed by atoms with van der Waals surface area (Å²) in [4.78, 5) is 9.84. The molecule has 9 rings (SSSR count). The van der Waals surface area contributed by atoms with E-state index in [4.69, 9.17) is 9.72 Å². The molecule has 0 N–H and O–H groups in total. The van der Waals surface area contributed by atoms with E-state index in [0.717, 1.165) is 50.7 Å². The number of aromatic nitrogens is 2. The van der Waals surface area contributed by atoms with Gasteiger partial charge in [0.25, 0.3) is 0 Å². The summed E-state index contributed by atoms with van der Waals surface area (Å²) in [6.07, 6.45) is 4.26. The lowest BCUT2D eigenvalue weighted by Gasteiger charge is -2.29. The highest BCUT2D eigenvalue weighted by Crippen LogP contribution is 2.42. The molecule has 6 aromatic carbocycles. The molecule has 5 heteroatoms. The van der Waals surface area contributed by atoms with E-state index in [9.17, 15) is 0 Å². The van der Waals surface area contributed by atoms with Crippen LogP contribution in [0.1, 0.15) is 110 Å². The van der Waals surface area contributed by atoms with Gasteiger partial charge in [0.15, 0.2) is 0 Å². The average molecular weight is 843 g/mol. The van der Waals surface area contributed by atoms with Gasteiger partial charge in [0.1, 0.15) is 17.3 Å². The van der Waals surface area contributed by atoms with Gasteiger partial charge in [-0.3, -0.25) is 4.57 Å². The molecule has 3 heterocycles. The smallest absolute Gasteiger partial charge is 0.137 e. The fraction of sp³-hybridized carbons (Fsp3) is 0.271. The third-order valence-electron chi connectivity index (χ3n) is 13.1. The van der Waals surface area contributed by atoms with E-state index in [1.807, 2.05) is 6.20 Å². The zero-order valence-corrected chi connectivity index (χ0v) is 39.5. The number of hydrogen-bond acceptors (Lipinski definition) is 4. The predicted octanol–water partition coefficient (Wildman–Crippen LogP) is 15.5. The number of benzene rings is 6. The highest BCUT2D eigenvalue weighted by atomic mass is 16.5. The third kappa shape index (κ3) is 8.20. The standard InChI is InChI=1S/C59H62N4O/c1-56(2,3)42-25-27-50-51-28-26-49(37-53(51)63(52(50)34-42)55-35-43(29-30-60-55)59(10,11)41-21-16-13-17-22-41)64-48-24-18-23-46(36-48)62-39-61(38-54(62)40-19-14-12-15-20-40)47-32-44(57(4,5)6)31-45(33-47)58(7,8)9/h12-38H,39H2,1-11H3. The first kappa shape index (κ1) is 42.7. The van der Waals surface area contributed by atoms with Gasteiger partial charge in [0.05, 0.1) is 23.4 Å². The molecule has 0 bridgehead atoms. The van der Waals surface area contributed by atoms with Gasteiger partial charge in [-0.1, -0.05) is 161 Å². The third-order valence-corrected chi connectivity index (χ3v) is 13.1. The van der Waals surface area contributed by atoms with Gasteiger partial charge < -0.3 is 14.5 Å². The Morgan fingerprint density at radius 3 is 1.73 bits per heavy atom. The van der Waals surface area contributed by atoms with Crippen molar-refractivity contribution >= 4 is 38.9 Å². The molecule has 2 aromatic heterocycles. The van der Waals surface area contributed by atoms with Crippen molar-refractivity contribution in [2.45, 2.75) is 97.8 Å². The van der Waals surface area contributed by atoms with Gasteiger partial charge >= 0.3 is 0 Å². The largest absolute Gasteiger partial charge is 0.457 e. The molecule has 5 nitrogen and oxygen atoms in total. The Kier molecular flexibility index (Phi) is 10.6. The molecule has 0 amide bonds. The summed E-state index contributed by atoms with van der Waals surface area (Å²) in [5.41, 5.74) is 12.9. The Hall–Kier alpha value is -6.59. The first-order valence-corrected chi connectivity index (χ1v) is 22.7. The van der Waals surface area contributed by atoms with Crippen molar-refractivity contribution in [2.24, 2.45) is 0 Å². The fourth-order valence-electron chi connectivity index (χ4n) is 8.92. The second-order valence-electron chi connectivity index (χ2n) is 21.2. The summed E-state index contributed by atoms with van der Waals surface area (Å²) in [5.74, 6) is 2.42. The number of anilines is 2. The van der Waals surface area contributed by atoms with E-state index < -0.39 is 0 Å². The van der Waals surface area contributed by atoms with Crippen LogP contribution in [0.25, 0.3) is 33.3 Å². The molecule has 324 valence electrons. The fourth-order valence-corrected chi connectivity index (χ4v) is 8.92. The average Bonchev–Trinajstić information content (AvgIpc) is 3.86. The maximum Gasteiger partial charge on any atom is 0.137 e. The second-order valence-corrected chi connectivity index (χ2v) is 21.2. The topological polar surface area (TPSA) is 33.5 Å². The van der Waals surface area contributed by atoms with Crippen LogP contribution in [0.15, 0.2) is 164 Å². The van der Waals surface area contributed by atoms with E-state index in [1.54, 1.807) is 0 Å². The predicted molar refractivity (Wildman–Crippen MR) is 270 cm³/mol. The maximum absolute atomic E-state index is 6.85. The van der Waals surface area contributed by atoms with Crippen LogP contribution in [0.4, 0.5) is 11.4 Å². The minimum absolute atomic E-state index is 0.0135. The lowest BCUT2D eigenvalue weighted by Crippen LogP contribution is -2.27. The van der Waals surface area contributed by atoms with Crippen LogP contribution in [0, 0.1) is 0 Å². The van der Waals surface area contributed by atoms with Crippen molar-refractivity contribution in [2.75, 3.05) is 16.5 Å².